The lowest BCUT2D eigenvalue weighted by atomic mass is 10.0. The molecule has 0 spiro atoms. The van der Waals surface area contributed by atoms with Crippen LogP contribution in [-0.2, 0) is 23.1 Å². The van der Waals surface area contributed by atoms with E-state index in [9.17, 15) is 14.3 Å². The van der Waals surface area contributed by atoms with Gasteiger partial charge < -0.3 is 14.1 Å². The highest BCUT2D eigenvalue weighted by atomic mass is 32.2. The Morgan fingerprint density at radius 1 is 0.800 bits per heavy atom. The first kappa shape index (κ1) is 35.0. The van der Waals surface area contributed by atoms with Gasteiger partial charge in [0, 0.05) is 13.5 Å². The average Bonchev–Trinajstić information content (AvgIpc) is 2.75. The third kappa shape index (κ3) is 26.9. The van der Waals surface area contributed by atoms with Gasteiger partial charge in [-0.3, -0.25) is 13.8 Å². The number of phosphoric ester groups is 1. The Hall–Kier alpha value is 0.0500. The van der Waals surface area contributed by atoms with E-state index >= 15 is 0 Å². The summed E-state index contributed by atoms with van der Waals surface area (Å²) >= 11 is 1.08. The molecule has 0 saturated heterocycles. The van der Waals surface area contributed by atoms with Crippen molar-refractivity contribution in [2.45, 2.75) is 109 Å². The summed E-state index contributed by atoms with van der Waals surface area (Å²) in [4.78, 5) is 21.4. The molecule has 1 unspecified atom stereocenters. The standard InChI is InChI=1S/C26H54NO6PS/c1-6-7-8-9-10-11-12-13-14-15-16-17-18-19-21-31-23-26(35-25(2)28)24-33-34(29,30)32-22-20-27(3,4)5/h26H,6-24H2,1-5H3/p+1/t26-/m1/s1. The van der Waals surface area contributed by atoms with E-state index in [0.29, 0.717) is 24.2 Å². The summed E-state index contributed by atoms with van der Waals surface area (Å²) < 4.78 is 28.6. The van der Waals surface area contributed by atoms with Crippen LogP contribution in [0.15, 0.2) is 0 Å². The van der Waals surface area contributed by atoms with Crippen molar-refractivity contribution >= 4 is 24.7 Å². The number of quaternary nitrogens is 1. The largest absolute Gasteiger partial charge is 0.472 e. The fourth-order valence-electron chi connectivity index (χ4n) is 3.61. The van der Waals surface area contributed by atoms with E-state index < -0.39 is 7.82 Å². The highest BCUT2D eigenvalue weighted by Gasteiger charge is 2.25. The smallest absolute Gasteiger partial charge is 0.380 e. The van der Waals surface area contributed by atoms with Gasteiger partial charge in [0.15, 0.2) is 5.12 Å². The number of phosphoric acid groups is 1. The van der Waals surface area contributed by atoms with Crippen LogP contribution in [0.5, 0.6) is 0 Å². The maximum absolute atomic E-state index is 12.1. The lowest BCUT2D eigenvalue weighted by molar-refractivity contribution is -0.870. The monoisotopic (exact) mass is 540 g/mol. The number of ether oxygens (including phenoxy) is 1. The van der Waals surface area contributed by atoms with Gasteiger partial charge in [-0.2, -0.15) is 0 Å². The van der Waals surface area contributed by atoms with E-state index in [1.54, 1.807) is 0 Å². The first-order chi connectivity index (χ1) is 16.6. The van der Waals surface area contributed by atoms with Gasteiger partial charge in [-0.05, 0) is 6.42 Å². The first-order valence-corrected chi connectivity index (χ1v) is 16.1. The van der Waals surface area contributed by atoms with Gasteiger partial charge in [0.25, 0.3) is 0 Å². The second kappa shape index (κ2) is 22.1. The number of nitrogens with zero attached hydrogens (tertiary/aromatic N) is 1. The van der Waals surface area contributed by atoms with E-state index in [1.807, 2.05) is 21.1 Å². The van der Waals surface area contributed by atoms with Crippen LogP contribution in [0, 0.1) is 0 Å². The summed E-state index contributed by atoms with van der Waals surface area (Å²) in [7, 11) is 1.78. The van der Waals surface area contributed by atoms with Crippen molar-refractivity contribution in [3.05, 3.63) is 0 Å². The Kier molecular flexibility index (Phi) is 22.1. The van der Waals surface area contributed by atoms with Crippen LogP contribution < -0.4 is 0 Å². The molecule has 0 aromatic carbocycles. The molecule has 2 atom stereocenters. The molecule has 0 aromatic rings. The molecular formula is C26H55NO6PS+. The Morgan fingerprint density at radius 2 is 1.29 bits per heavy atom. The minimum absolute atomic E-state index is 0.0683. The molecule has 9 heteroatoms. The summed E-state index contributed by atoms with van der Waals surface area (Å²) in [5, 5.41) is -0.404. The van der Waals surface area contributed by atoms with Gasteiger partial charge in [0.2, 0.25) is 0 Å². The van der Waals surface area contributed by atoms with Crippen LogP contribution >= 0.6 is 19.6 Å². The number of hydrogen-bond acceptors (Lipinski definition) is 6. The van der Waals surface area contributed by atoms with Crippen LogP contribution in [0.4, 0.5) is 0 Å². The predicted octanol–water partition coefficient (Wildman–Crippen LogP) is 6.97. The second-order valence-electron chi connectivity index (χ2n) is 10.5. The summed E-state index contributed by atoms with van der Waals surface area (Å²) in [5.74, 6) is 0. The summed E-state index contributed by atoms with van der Waals surface area (Å²) in [6.07, 6.45) is 18.4. The Balaban J connectivity index is 3.77. The van der Waals surface area contributed by atoms with Gasteiger partial charge in [-0.1, -0.05) is 102 Å². The van der Waals surface area contributed by atoms with Crippen molar-refractivity contribution in [2.24, 2.45) is 0 Å². The van der Waals surface area contributed by atoms with Crippen molar-refractivity contribution < 1.29 is 32.5 Å². The van der Waals surface area contributed by atoms with Crippen LogP contribution in [0.1, 0.15) is 104 Å². The third-order valence-electron chi connectivity index (χ3n) is 5.72. The molecule has 0 rings (SSSR count). The predicted molar refractivity (Wildman–Crippen MR) is 148 cm³/mol. The Bertz CT molecular complexity index is 558. The van der Waals surface area contributed by atoms with E-state index in [0.717, 1.165) is 24.6 Å². The zero-order valence-corrected chi connectivity index (χ0v) is 25.0. The summed E-state index contributed by atoms with van der Waals surface area (Å²) in [6.45, 7) is 5.31. The molecule has 1 N–H and O–H groups in total. The molecular weight excluding hydrogens is 485 g/mol. The number of carbonyl (C=O) groups excluding carboxylic acids is 1. The SMILES string of the molecule is CCCCCCCCCCCCCCCCOC[C@H](COP(=O)(O)OCC[N+](C)(C)C)SC(C)=O. The molecule has 0 aliphatic rings. The molecule has 0 aliphatic carbocycles. The van der Waals surface area contributed by atoms with Gasteiger partial charge in [0.05, 0.1) is 39.6 Å². The van der Waals surface area contributed by atoms with Crippen LogP contribution in [-0.4, -0.2) is 73.9 Å². The Morgan fingerprint density at radius 3 is 1.74 bits per heavy atom. The van der Waals surface area contributed by atoms with Crippen molar-refractivity contribution in [2.75, 3.05) is 54.1 Å². The van der Waals surface area contributed by atoms with E-state index in [2.05, 4.69) is 6.92 Å². The zero-order valence-electron chi connectivity index (χ0n) is 23.3. The maximum Gasteiger partial charge on any atom is 0.472 e. The molecule has 0 radical (unpaired) electrons. The molecule has 0 heterocycles. The first-order valence-electron chi connectivity index (χ1n) is 13.7. The van der Waals surface area contributed by atoms with Crippen molar-refractivity contribution in [3.8, 4) is 0 Å². The molecule has 0 bridgehead atoms. The highest BCUT2D eigenvalue weighted by Crippen LogP contribution is 2.43. The number of hydrogen-bond donors (Lipinski definition) is 1. The average molecular weight is 541 g/mol. The molecule has 0 amide bonds. The minimum Gasteiger partial charge on any atom is -0.380 e. The fraction of sp³-hybridized carbons (Fsp3) is 0.962. The number of thioether (sulfide) groups is 1. The number of carbonyl (C=O) groups is 1. The molecule has 35 heavy (non-hydrogen) atoms. The second-order valence-corrected chi connectivity index (χ2v) is 13.4. The molecule has 0 fully saturated rings. The summed E-state index contributed by atoms with van der Waals surface area (Å²) in [6, 6.07) is 0. The summed E-state index contributed by atoms with van der Waals surface area (Å²) in [5.41, 5.74) is 0. The van der Waals surface area contributed by atoms with Crippen molar-refractivity contribution in [3.63, 3.8) is 0 Å². The fourth-order valence-corrected chi connectivity index (χ4v) is 5.23. The highest BCUT2D eigenvalue weighted by molar-refractivity contribution is 8.14. The van der Waals surface area contributed by atoms with Crippen molar-refractivity contribution in [1.82, 2.24) is 0 Å². The normalized spacial score (nSPS) is 14.7. The van der Waals surface area contributed by atoms with E-state index in [1.165, 1.54) is 84.0 Å². The molecule has 0 aromatic heterocycles. The van der Waals surface area contributed by atoms with Gasteiger partial charge in [0.1, 0.15) is 13.2 Å². The minimum atomic E-state index is -4.14. The van der Waals surface area contributed by atoms with Gasteiger partial charge >= 0.3 is 7.82 Å². The van der Waals surface area contributed by atoms with Gasteiger partial charge in [-0.25, -0.2) is 4.57 Å². The maximum atomic E-state index is 12.1. The van der Waals surface area contributed by atoms with E-state index in [-0.39, 0.29) is 23.6 Å². The topological polar surface area (TPSA) is 82.1 Å². The van der Waals surface area contributed by atoms with E-state index in [4.69, 9.17) is 13.8 Å². The Labute approximate surface area is 220 Å². The zero-order chi connectivity index (χ0) is 26.4. The number of rotatable bonds is 25. The quantitative estimate of drug-likeness (QED) is 0.0760. The molecule has 210 valence electrons. The lowest BCUT2D eigenvalue weighted by Gasteiger charge is -2.24. The number of unbranched alkanes of at least 4 members (excludes halogenated alkanes) is 13. The molecule has 0 aliphatic heterocycles. The number of likely N-dealkylation sites (N-methyl/N-ethyl adjacent to an activating group) is 1. The lowest BCUT2D eigenvalue weighted by Crippen LogP contribution is -2.37. The third-order valence-corrected chi connectivity index (χ3v) is 7.64. The van der Waals surface area contributed by atoms with Crippen LogP contribution in [0.2, 0.25) is 0 Å². The van der Waals surface area contributed by atoms with Crippen LogP contribution in [0.25, 0.3) is 0 Å². The van der Waals surface area contributed by atoms with Crippen LogP contribution in [0.3, 0.4) is 0 Å². The van der Waals surface area contributed by atoms with Crippen molar-refractivity contribution in [1.29, 1.82) is 0 Å². The van der Waals surface area contributed by atoms with Gasteiger partial charge in [-0.15, -0.1) is 0 Å². The molecule has 0 saturated carbocycles. The molecule has 7 nitrogen and oxygen atoms in total.